The largest absolute Gasteiger partial charge is 0.480 e. The number of amides is 1. The van der Waals surface area contributed by atoms with Crippen LogP contribution >= 0.6 is 0 Å². The van der Waals surface area contributed by atoms with Crippen molar-refractivity contribution in [2.24, 2.45) is 0 Å². The van der Waals surface area contributed by atoms with Gasteiger partial charge in [-0.3, -0.25) is 10.0 Å². The van der Waals surface area contributed by atoms with Crippen LogP contribution in [0, 0.1) is 0 Å². The number of aliphatic carboxylic acids is 1. The summed E-state index contributed by atoms with van der Waals surface area (Å²) in [6, 6.07) is 5.91. The molecule has 146 valence electrons. The molecule has 1 aromatic rings. The van der Waals surface area contributed by atoms with Crippen LogP contribution in [0.2, 0.25) is 0 Å². The van der Waals surface area contributed by atoms with Crippen molar-refractivity contribution < 1.29 is 19.9 Å². The third kappa shape index (κ3) is 7.16. The van der Waals surface area contributed by atoms with Crippen LogP contribution in [0.1, 0.15) is 87.6 Å². The van der Waals surface area contributed by atoms with E-state index in [0.29, 0.717) is 10.6 Å². The third-order valence-corrected chi connectivity index (χ3v) is 4.72. The van der Waals surface area contributed by atoms with Gasteiger partial charge in [-0.1, -0.05) is 77.0 Å². The lowest BCUT2D eigenvalue weighted by molar-refractivity contribution is -0.158. The fourth-order valence-corrected chi connectivity index (χ4v) is 3.11. The Kier molecular flexibility index (Phi) is 10.6. The summed E-state index contributed by atoms with van der Waals surface area (Å²) in [7, 11) is 0. The molecule has 2 N–H and O–H groups in total. The Balaban J connectivity index is 2.56. The second-order valence-corrected chi connectivity index (χ2v) is 6.79. The smallest absolute Gasteiger partial charge is 0.329 e. The first-order chi connectivity index (χ1) is 12.5. The highest BCUT2D eigenvalue weighted by Crippen LogP contribution is 2.17. The molecule has 1 rings (SSSR count). The molecule has 26 heavy (non-hydrogen) atoms. The maximum absolute atomic E-state index is 12.5. The number of hydrogen-bond donors (Lipinski definition) is 2. The Bertz CT molecular complexity index is 559. The molecule has 0 radical (unpaired) electrons. The molecule has 0 spiro atoms. The van der Waals surface area contributed by atoms with Gasteiger partial charge in [0.2, 0.25) is 0 Å². The van der Waals surface area contributed by atoms with Crippen molar-refractivity contribution in [1.82, 2.24) is 5.06 Å². The Morgan fingerprint density at radius 3 is 2.12 bits per heavy atom. The lowest BCUT2D eigenvalue weighted by atomic mass is 9.99. The van der Waals surface area contributed by atoms with Gasteiger partial charge in [0.15, 0.2) is 6.04 Å². The van der Waals surface area contributed by atoms with Gasteiger partial charge in [0.05, 0.1) is 0 Å². The summed E-state index contributed by atoms with van der Waals surface area (Å²) >= 11 is 0. The first-order valence-electron chi connectivity index (χ1n) is 9.86. The summed E-state index contributed by atoms with van der Waals surface area (Å²) in [5.74, 6) is -1.85. The number of hydrogen-bond acceptors (Lipinski definition) is 3. The molecule has 1 aromatic carbocycles. The maximum Gasteiger partial charge on any atom is 0.329 e. The third-order valence-electron chi connectivity index (χ3n) is 4.72. The Morgan fingerprint density at radius 2 is 1.54 bits per heavy atom. The minimum atomic E-state index is -1.22. The molecule has 0 heterocycles. The number of carboxylic acid groups (broad SMARTS) is 1. The van der Waals surface area contributed by atoms with E-state index in [1.54, 1.807) is 19.1 Å². The molecule has 0 saturated heterocycles. The van der Waals surface area contributed by atoms with Gasteiger partial charge in [-0.15, -0.1) is 0 Å². The molecule has 5 nitrogen and oxygen atoms in total. The van der Waals surface area contributed by atoms with Crippen molar-refractivity contribution in [3.63, 3.8) is 0 Å². The molecule has 0 aliphatic heterocycles. The van der Waals surface area contributed by atoms with E-state index in [9.17, 15) is 14.8 Å². The van der Waals surface area contributed by atoms with Gasteiger partial charge in [0, 0.05) is 5.56 Å². The quantitative estimate of drug-likeness (QED) is 0.291. The van der Waals surface area contributed by atoms with Crippen LogP contribution in [-0.4, -0.2) is 33.3 Å². The number of carbonyl (C=O) groups is 2. The minimum absolute atomic E-state index is 0.151. The number of carbonyl (C=O) groups excluding carboxylic acids is 1. The normalized spacial score (nSPS) is 12.0. The zero-order valence-electron chi connectivity index (χ0n) is 16.1. The van der Waals surface area contributed by atoms with Crippen molar-refractivity contribution in [2.75, 3.05) is 0 Å². The number of rotatable bonds is 13. The molecular weight excluding hydrogens is 330 g/mol. The number of hydroxylamine groups is 2. The van der Waals surface area contributed by atoms with E-state index < -0.39 is 17.9 Å². The van der Waals surface area contributed by atoms with Crippen LogP contribution < -0.4 is 0 Å². The number of aryl methyl sites for hydroxylation is 1. The summed E-state index contributed by atoms with van der Waals surface area (Å²) in [4.78, 5) is 23.7. The van der Waals surface area contributed by atoms with Crippen molar-refractivity contribution in [1.29, 1.82) is 0 Å². The summed E-state index contributed by atoms with van der Waals surface area (Å²) in [6.07, 6.45) is 10.6. The second kappa shape index (κ2) is 12.5. The van der Waals surface area contributed by atoms with E-state index in [1.807, 2.05) is 12.1 Å². The number of carboxylic acids is 1. The Morgan fingerprint density at radius 1 is 0.962 bits per heavy atom. The molecular formula is C21H33NO4. The first-order valence-corrected chi connectivity index (χ1v) is 9.86. The Labute approximate surface area is 157 Å². The predicted octanol–water partition coefficient (Wildman–Crippen LogP) is 5.06. The zero-order chi connectivity index (χ0) is 19.4. The number of unbranched alkanes of at least 4 members (excludes halogenated alkanes) is 7. The first kappa shape index (κ1) is 22.2. The highest BCUT2D eigenvalue weighted by molar-refractivity contribution is 5.97. The molecule has 1 amide bonds. The molecule has 0 aromatic heterocycles. The van der Waals surface area contributed by atoms with Crippen LogP contribution in [0.5, 0.6) is 0 Å². The SMILES string of the molecule is CCCCCCCCCCc1ccccc1C(=O)N(O)C(CC)C(=O)O. The summed E-state index contributed by atoms with van der Waals surface area (Å²) in [5, 5.41) is 19.5. The minimum Gasteiger partial charge on any atom is -0.480 e. The molecule has 0 saturated carbocycles. The van der Waals surface area contributed by atoms with Crippen LogP contribution in [0.15, 0.2) is 24.3 Å². The lowest BCUT2D eigenvalue weighted by Gasteiger charge is -2.22. The molecule has 0 aliphatic rings. The average Bonchev–Trinajstić information content (AvgIpc) is 2.63. The highest BCUT2D eigenvalue weighted by atomic mass is 16.5. The van der Waals surface area contributed by atoms with Crippen LogP contribution in [0.4, 0.5) is 0 Å². The van der Waals surface area contributed by atoms with Crippen molar-refractivity contribution in [3.05, 3.63) is 35.4 Å². The molecule has 0 bridgehead atoms. The van der Waals surface area contributed by atoms with Crippen molar-refractivity contribution >= 4 is 11.9 Å². The van der Waals surface area contributed by atoms with Crippen LogP contribution in [0.25, 0.3) is 0 Å². The van der Waals surface area contributed by atoms with E-state index in [2.05, 4.69) is 6.92 Å². The predicted molar refractivity (Wildman–Crippen MR) is 102 cm³/mol. The number of benzene rings is 1. The lowest BCUT2D eigenvalue weighted by Crippen LogP contribution is -2.42. The average molecular weight is 363 g/mol. The van der Waals surface area contributed by atoms with Gasteiger partial charge in [-0.05, 0) is 30.9 Å². The summed E-state index contributed by atoms with van der Waals surface area (Å²) in [5.41, 5.74) is 1.25. The summed E-state index contributed by atoms with van der Waals surface area (Å²) in [6.45, 7) is 3.84. The molecule has 0 aliphatic carbocycles. The van der Waals surface area contributed by atoms with E-state index >= 15 is 0 Å². The van der Waals surface area contributed by atoms with Gasteiger partial charge >= 0.3 is 5.97 Å². The molecule has 5 heteroatoms. The summed E-state index contributed by atoms with van der Waals surface area (Å²) < 4.78 is 0. The van der Waals surface area contributed by atoms with Gasteiger partial charge in [0.25, 0.3) is 5.91 Å². The fourth-order valence-electron chi connectivity index (χ4n) is 3.11. The van der Waals surface area contributed by atoms with Crippen LogP contribution in [0.3, 0.4) is 0 Å². The number of nitrogens with zero attached hydrogens (tertiary/aromatic N) is 1. The van der Waals surface area contributed by atoms with Crippen molar-refractivity contribution in [3.8, 4) is 0 Å². The van der Waals surface area contributed by atoms with Crippen LogP contribution in [-0.2, 0) is 11.2 Å². The maximum atomic E-state index is 12.5. The standard InChI is InChI=1S/C21H33NO4/c1-3-5-6-7-8-9-10-11-14-17-15-12-13-16-18(17)20(23)22(26)19(4-2)21(24)25/h12-13,15-16,19,26H,3-11,14H2,1-2H3,(H,24,25). The van der Waals surface area contributed by atoms with Gasteiger partial charge < -0.3 is 5.11 Å². The van der Waals surface area contributed by atoms with E-state index in [-0.39, 0.29) is 6.42 Å². The topological polar surface area (TPSA) is 77.8 Å². The van der Waals surface area contributed by atoms with E-state index in [1.165, 1.54) is 38.5 Å². The Hall–Kier alpha value is -1.88. The van der Waals surface area contributed by atoms with E-state index in [4.69, 9.17) is 5.11 Å². The second-order valence-electron chi connectivity index (χ2n) is 6.79. The van der Waals surface area contributed by atoms with Gasteiger partial charge in [-0.2, -0.15) is 0 Å². The van der Waals surface area contributed by atoms with Gasteiger partial charge in [0.1, 0.15) is 0 Å². The molecule has 0 fully saturated rings. The van der Waals surface area contributed by atoms with Crippen molar-refractivity contribution in [2.45, 2.75) is 84.1 Å². The molecule has 1 atom stereocenters. The van der Waals surface area contributed by atoms with E-state index in [0.717, 1.165) is 24.8 Å². The van der Waals surface area contributed by atoms with Gasteiger partial charge in [-0.25, -0.2) is 9.86 Å². The monoisotopic (exact) mass is 363 g/mol. The zero-order valence-corrected chi connectivity index (χ0v) is 16.1. The molecule has 1 unspecified atom stereocenters. The fraction of sp³-hybridized carbons (Fsp3) is 0.619. The highest BCUT2D eigenvalue weighted by Gasteiger charge is 2.28.